The molecule has 8 heteroatoms. The Balaban J connectivity index is 1.77. The zero-order valence-corrected chi connectivity index (χ0v) is 14.9. The van der Waals surface area contributed by atoms with Gasteiger partial charge in [-0.2, -0.15) is 0 Å². The number of aliphatic imine (C=N–C) groups is 1. The van der Waals surface area contributed by atoms with Crippen LogP contribution in [0, 0.1) is 0 Å². The average molecular weight is 379 g/mol. The Morgan fingerprint density at radius 2 is 1.81 bits per heavy atom. The number of rotatable bonds is 2. The maximum Gasteiger partial charge on any atom is 0.337 e. The van der Waals surface area contributed by atoms with Crippen LogP contribution in [0.2, 0.25) is 0 Å². The largest absolute Gasteiger partial charge is 0.478 e. The molecule has 0 bridgehead atoms. The third kappa shape index (κ3) is 2.80. The van der Waals surface area contributed by atoms with Crippen LogP contribution < -0.4 is 10.2 Å². The molecule has 0 spiro atoms. The summed E-state index contributed by atoms with van der Waals surface area (Å²) < 4.78 is 0. The lowest BCUT2D eigenvalue weighted by Gasteiger charge is -2.08. The lowest BCUT2D eigenvalue weighted by Crippen LogP contribution is -2.23. The number of carboxylic acids is 1. The van der Waals surface area contributed by atoms with E-state index in [0.29, 0.717) is 11.1 Å². The van der Waals surface area contributed by atoms with Gasteiger partial charge in [-0.05, 0) is 30.0 Å². The van der Waals surface area contributed by atoms with Crippen molar-refractivity contribution < 1.29 is 19.5 Å². The summed E-state index contributed by atoms with van der Waals surface area (Å²) >= 11 is 1.03. The Morgan fingerprint density at radius 3 is 2.59 bits per heavy atom. The number of thioether (sulfide) groups is 1. The minimum Gasteiger partial charge on any atom is -0.478 e. The molecule has 0 unspecified atom stereocenters. The molecule has 2 aromatic carbocycles. The first kappa shape index (κ1) is 17.0. The number of fused-ring (bicyclic) bond motifs is 1. The molecule has 2 heterocycles. The van der Waals surface area contributed by atoms with Gasteiger partial charge >= 0.3 is 5.97 Å². The minimum absolute atomic E-state index is 0.0305. The second-order valence-corrected chi connectivity index (χ2v) is 6.88. The van der Waals surface area contributed by atoms with Crippen molar-refractivity contribution in [1.82, 2.24) is 5.32 Å². The molecule has 0 atom stereocenters. The van der Waals surface area contributed by atoms with Crippen LogP contribution in [0.3, 0.4) is 0 Å². The number of nitrogens with zero attached hydrogens (tertiary/aromatic N) is 2. The number of carbonyl (C=O) groups is 3. The van der Waals surface area contributed by atoms with Crippen LogP contribution in [0.1, 0.15) is 15.9 Å². The summed E-state index contributed by atoms with van der Waals surface area (Å²) in [5.41, 5.74) is 2.01. The van der Waals surface area contributed by atoms with Gasteiger partial charge in [0.15, 0.2) is 5.17 Å². The first-order valence-electron chi connectivity index (χ1n) is 7.99. The molecular formula is C19H13N3O4S. The third-order valence-corrected chi connectivity index (χ3v) is 5.24. The van der Waals surface area contributed by atoms with Crippen LogP contribution in [0.15, 0.2) is 58.4 Å². The number of aromatic carboxylic acids is 1. The Kier molecular flexibility index (Phi) is 4.04. The number of para-hydroxylation sites is 2. The number of carboxylic acid groups (broad SMARTS) is 1. The van der Waals surface area contributed by atoms with E-state index in [1.165, 1.54) is 11.0 Å². The van der Waals surface area contributed by atoms with Gasteiger partial charge in [0.05, 0.1) is 27.4 Å². The SMILES string of the molecule is CN1C(=O)/C(=C2\SC(=Nc3ccccc3C(=O)O)NC2=O)c2ccccc21. The fraction of sp³-hybridized carbons (Fsp3) is 0.0526. The molecule has 2 aliphatic heterocycles. The highest BCUT2D eigenvalue weighted by Crippen LogP contribution is 2.42. The predicted molar refractivity (Wildman–Crippen MR) is 103 cm³/mol. The molecule has 0 aromatic heterocycles. The maximum absolute atomic E-state index is 12.7. The minimum atomic E-state index is -1.11. The Bertz CT molecular complexity index is 1070. The van der Waals surface area contributed by atoms with Gasteiger partial charge in [-0.15, -0.1) is 0 Å². The number of amidine groups is 1. The normalized spacial score (nSPS) is 20.2. The number of hydrogen-bond acceptors (Lipinski definition) is 5. The molecule has 0 radical (unpaired) electrons. The smallest absolute Gasteiger partial charge is 0.337 e. The summed E-state index contributed by atoms with van der Waals surface area (Å²) in [5, 5.41) is 12.1. The molecule has 2 aromatic rings. The highest BCUT2D eigenvalue weighted by molar-refractivity contribution is 8.18. The molecule has 2 aliphatic rings. The van der Waals surface area contributed by atoms with E-state index in [9.17, 15) is 19.5 Å². The molecule has 2 N–H and O–H groups in total. The van der Waals surface area contributed by atoms with Crippen molar-refractivity contribution in [3.8, 4) is 0 Å². The summed E-state index contributed by atoms with van der Waals surface area (Å²) in [6, 6.07) is 13.5. The zero-order chi connectivity index (χ0) is 19.1. The number of benzene rings is 2. The molecule has 4 rings (SSSR count). The van der Waals surface area contributed by atoms with Crippen LogP contribution in [0.4, 0.5) is 11.4 Å². The van der Waals surface area contributed by atoms with Gasteiger partial charge in [-0.25, -0.2) is 9.79 Å². The van der Waals surface area contributed by atoms with Gasteiger partial charge in [0.2, 0.25) is 0 Å². The fourth-order valence-corrected chi connectivity index (χ4v) is 3.91. The van der Waals surface area contributed by atoms with Crippen molar-refractivity contribution in [2.75, 3.05) is 11.9 Å². The van der Waals surface area contributed by atoms with E-state index in [4.69, 9.17) is 0 Å². The molecule has 27 heavy (non-hydrogen) atoms. The Hall–Kier alpha value is -3.39. The standard InChI is InChI=1S/C19H13N3O4S/c1-22-13-9-5-3-7-11(13)14(17(22)24)15-16(23)21-19(27-15)20-12-8-4-2-6-10(12)18(25)26/h2-9H,1H3,(H,25,26)(H,20,21,23)/b15-14-. The predicted octanol–water partition coefficient (Wildman–Crippen LogP) is 2.62. The van der Waals surface area contributed by atoms with E-state index in [2.05, 4.69) is 10.3 Å². The number of hydrogen-bond donors (Lipinski definition) is 2. The Morgan fingerprint density at radius 1 is 1.11 bits per heavy atom. The van der Waals surface area contributed by atoms with Crippen molar-refractivity contribution in [3.63, 3.8) is 0 Å². The number of nitrogens with one attached hydrogen (secondary N) is 1. The van der Waals surface area contributed by atoms with E-state index >= 15 is 0 Å². The molecular weight excluding hydrogens is 366 g/mol. The van der Waals surface area contributed by atoms with E-state index in [1.807, 2.05) is 18.2 Å². The van der Waals surface area contributed by atoms with E-state index in [0.717, 1.165) is 17.4 Å². The number of carbonyl (C=O) groups excluding carboxylic acids is 2. The summed E-state index contributed by atoms with van der Waals surface area (Å²) in [7, 11) is 1.66. The van der Waals surface area contributed by atoms with Crippen LogP contribution in [-0.4, -0.2) is 35.1 Å². The van der Waals surface area contributed by atoms with Gasteiger partial charge in [-0.1, -0.05) is 30.3 Å². The topological polar surface area (TPSA) is 99.1 Å². The zero-order valence-electron chi connectivity index (χ0n) is 14.1. The number of likely N-dealkylation sites (N-methyl/N-ethyl adjacent to an activating group) is 1. The van der Waals surface area contributed by atoms with E-state index < -0.39 is 11.9 Å². The van der Waals surface area contributed by atoms with Crippen molar-refractivity contribution in [2.24, 2.45) is 4.99 Å². The molecule has 1 fully saturated rings. The third-order valence-electron chi connectivity index (χ3n) is 4.26. The van der Waals surface area contributed by atoms with Gasteiger partial charge in [0, 0.05) is 12.6 Å². The molecule has 0 saturated carbocycles. The summed E-state index contributed by atoms with van der Waals surface area (Å²) in [5.74, 6) is -1.80. The summed E-state index contributed by atoms with van der Waals surface area (Å²) in [6.45, 7) is 0. The first-order valence-corrected chi connectivity index (χ1v) is 8.81. The van der Waals surface area contributed by atoms with Crippen LogP contribution in [0.5, 0.6) is 0 Å². The van der Waals surface area contributed by atoms with E-state index in [-0.39, 0.29) is 27.2 Å². The van der Waals surface area contributed by atoms with Crippen molar-refractivity contribution in [1.29, 1.82) is 0 Å². The lowest BCUT2D eigenvalue weighted by atomic mass is 10.1. The second kappa shape index (κ2) is 6.40. The Labute approximate surface area is 158 Å². The van der Waals surface area contributed by atoms with Crippen molar-refractivity contribution in [2.45, 2.75) is 0 Å². The highest BCUT2D eigenvalue weighted by Gasteiger charge is 2.37. The quantitative estimate of drug-likeness (QED) is 0.782. The van der Waals surface area contributed by atoms with E-state index in [1.54, 1.807) is 31.3 Å². The number of amides is 2. The summed E-state index contributed by atoms with van der Waals surface area (Å²) in [6.07, 6.45) is 0. The van der Waals surface area contributed by atoms with Crippen LogP contribution in [-0.2, 0) is 9.59 Å². The molecule has 7 nitrogen and oxygen atoms in total. The highest BCUT2D eigenvalue weighted by atomic mass is 32.2. The molecule has 0 aliphatic carbocycles. The molecule has 2 amide bonds. The average Bonchev–Trinajstić information content (AvgIpc) is 3.13. The van der Waals surface area contributed by atoms with Gasteiger partial charge in [0.1, 0.15) is 0 Å². The lowest BCUT2D eigenvalue weighted by molar-refractivity contribution is -0.116. The first-order chi connectivity index (χ1) is 13.0. The monoisotopic (exact) mass is 379 g/mol. The molecule has 134 valence electrons. The van der Waals surface area contributed by atoms with Crippen LogP contribution >= 0.6 is 11.8 Å². The molecule has 1 saturated heterocycles. The fourth-order valence-electron chi connectivity index (χ4n) is 2.99. The van der Waals surface area contributed by atoms with Crippen molar-refractivity contribution >= 4 is 51.7 Å². The van der Waals surface area contributed by atoms with Crippen LogP contribution in [0.25, 0.3) is 5.57 Å². The van der Waals surface area contributed by atoms with Gasteiger partial charge in [-0.3, -0.25) is 9.59 Å². The number of anilines is 1. The van der Waals surface area contributed by atoms with Crippen molar-refractivity contribution in [3.05, 3.63) is 64.6 Å². The maximum atomic E-state index is 12.7. The second-order valence-electron chi connectivity index (χ2n) is 5.88. The van der Waals surface area contributed by atoms with Gasteiger partial charge in [0.25, 0.3) is 11.8 Å². The van der Waals surface area contributed by atoms with Gasteiger partial charge < -0.3 is 15.3 Å². The summed E-state index contributed by atoms with van der Waals surface area (Å²) in [4.78, 5) is 42.5.